The summed E-state index contributed by atoms with van der Waals surface area (Å²) >= 11 is 0. The van der Waals surface area contributed by atoms with Crippen molar-refractivity contribution in [2.75, 3.05) is 19.7 Å². The van der Waals surface area contributed by atoms with Gasteiger partial charge in [0.1, 0.15) is 16.0 Å². The summed E-state index contributed by atoms with van der Waals surface area (Å²) in [6.45, 7) is 6.83. The maximum Gasteiger partial charge on any atom is 0.410 e. The van der Waals surface area contributed by atoms with Crippen molar-refractivity contribution in [3.8, 4) is 5.88 Å². The molecule has 2 amide bonds. The van der Waals surface area contributed by atoms with Crippen molar-refractivity contribution in [3.05, 3.63) is 18.3 Å². The van der Waals surface area contributed by atoms with Gasteiger partial charge in [-0.2, -0.15) is 4.72 Å². The SMILES string of the molecule is CCOc1ccc(S(=O)(=O)NC2(C(N)=O)CN(C(=O)OC(C)(C)C)C2)cn1. The normalized spacial score (nSPS) is 16.4. The fourth-order valence-corrected chi connectivity index (χ4v) is 3.71. The molecule has 0 radical (unpaired) electrons. The van der Waals surface area contributed by atoms with E-state index in [4.69, 9.17) is 15.2 Å². The summed E-state index contributed by atoms with van der Waals surface area (Å²) < 4.78 is 37.8. The molecule has 3 N–H and O–H groups in total. The molecular weight excluding hydrogens is 376 g/mol. The molecular formula is C16H24N4O6S. The molecule has 1 aliphatic heterocycles. The van der Waals surface area contributed by atoms with Crippen LogP contribution in [0.1, 0.15) is 27.7 Å². The minimum atomic E-state index is -4.09. The molecule has 0 atom stereocenters. The van der Waals surface area contributed by atoms with Crippen molar-refractivity contribution in [2.24, 2.45) is 5.73 Å². The van der Waals surface area contributed by atoms with Gasteiger partial charge in [-0.3, -0.25) is 4.79 Å². The third-order valence-electron chi connectivity index (χ3n) is 3.69. The van der Waals surface area contributed by atoms with Crippen molar-refractivity contribution in [1.82, 2.24) is 14.6 Å². The first-order valence-electron chi connectivity index (χ1n) is 8.29. The molecule has 0 bridgehead atoms. The number of pyridine rings is 1. The monoisotopic (exact) mass is 400 g/mol. The predicted molar refractivity (Wildman–Crippen MR) is 95.5 cm³/mol. The Morgan fingerprint density at radius 2 is 1.96 bits per heavy atom. The van der Waals surface area contributed by atoms with Gasteiger partial charge in [-0.15, -0.1) is 0 Å². The first-order valence-corrected chi connectivity index (χ1v) is 9.77. The highest BCUT2D eigenvalue weighted by atomic mass is 32.2. The second kappa shape index (κ2) is 7.31. The van der Waals surface area contributed by atoms with E-state index in [9.17, 15) is 18.0 Å². The van der Waals surface area contributed by atoms with Crippen LogP contribution in [0.25, 0.3) is 0 Å². The number of carbonyl (C=O) groups excluding carboxylic acids is 2. The number of nitrogens with one attached hydrogen (secondary N) is 1. The number of rotatable bonds is 6. The molecule has 2 rings (SSSR count). The third-order valence-corrected chi connectivity index (χ3v) is 5.21. The van der Waals surface area contributed by atoms with Gasteiger partial charge in [-0.05, 0) is 33.8 Å². The number of hydrogen-bond acceptors (Lipinski definition) is 7. The van der Waals surface area contributed by atoms with E-state index in [1.54, 1.807) is 27.7 Å². The Morgan fingerprint density at radius 1 is 1.33 bits per heavy atom. The van der Waals surface area contributed by atoms with E-state index in [1.165, 1.54) is 17.0 Å². The van der Waals surface area contributed by atoms with Gasteiger partial charge in [-0.25, -0.2) is 18.2 Å². The topological polar surface area (TPSA) is 141 Å². The molecule has 1 saturated heterocycles. The smallest absolute Gasteiger partial charge is 0.410 e. The van der Waals surface area contributed by atoms with E-state index < -0.39 is 33.2 Å². The standard InChI is InChI=1S/C16H24N4O6S/c1-5-25-12-7-6-11(8-18-12)27(23,24)19-16(13(17)21)9-20(10-16)14(22)26-15(2,3)4/h6-8,19H,5,9-10H2,1-4H3,(H2,17,21). The van der Waals surface area contributed by atoms with Crippen LogP contribution in [-0.4, -0.2) is 61.1 Å². The fraction of sp³-hybridized carbons (Fsp3) is 0.562. The molecule has 2 heterocycles. The maximum absolute atomic E-state index is 12.6. The molecule has 0 spiro atoms. The van der Waals surface area contributed by atoms with Crippen LogP contribution in [0.3, 0.4) is 0 Å². The zero-order chi connectivity index (χ0) is 20.5. The quantitative estimate of drug-likeness (QED) is 0.696. The largest absolute Gasteiger partial charge is 0.478 e. The number of nitrogens with zero attached hydrogens (tertiary/aromatic N) is 2. The Morgan fingerprint density at radius 3 is 2.41 bits per heavy atom. The van der Waals surface area contributed by atoms with Gasteiger partial charge < -0.3 is 20.1 Å². The van der Waals surface area contributed by atoms with Crippen LogP contribution >= 0.6 is 0 Å². The summed E-state index contributed by atoms with van der Waals surface area (Å²) in [4.78, 5) is 28.9. The Balaban J connectivity index is 2.12. The van der Waals surface area contributed by atoms with Crippen LogP contribution < -0.4 is 15.2 Å². The molecule has 0 aromatic carbocycles. The molecule has 27 heavy (non-hydrogen) atoms. The van der Waals surface area contributed by atoms with E-state index in [1.807, 2.05) is 0 Å². The van der Waals surface area contributed by atoms with Crippen molar-refractivity contribution >= 4 is 22.0 Å². The second-order valence-corrected chi connectivity index (χ2v) is 8.84. The Labute approximate surface area is 158 Å². The Hall–Kier alpha value is -2.40. The number of nitrogens with two attached hydrogens (primary N) is 1. The zero-order valence-corrected chi connectivity index (χ0v) is 16.5. The van der Waals surface area contributed by atoms with Crippen LogP contribution in [0.15, 0.2) is 23.2 Å². The number of primary amides is 1. The van der Waals surface area contributed by atoms with E-state index >= 15 is 0 Å². The van der Waals surface area contributed by atoms with Gasteiger partial charge in [-0.1, -0.05) is 0 Å². The Kier molecular flexibility index (Phi) is 5.66. The summed E-state index contributed by atoms with van der Waals surface area (Å²) in [6.07, 6.45) is 0.466. The van der Waals surface area contributed by atoms with E-state index in [0.29, 0.717) is 6.61 Å². The van der Waals surface area contributed by atoms with Crippen LogP contribution in [0.4, 0.5) is 4.79 Å². The molecule has 0 unspecified atom stereocenters. The summed E-state index contributed by atoms with van der Waals surface area (Å²) in [6, 6.07) is 2.71. The highest BCUT2D eigenvalue weighted by Gasteiger charge is 2.53. The highest BCUT2D eigenvalue weighted by Crippen LogP contribution is 2.26. The first kappa shape index (κ1) is 20.9. The first-order chi connectivity index (χ1) is 12.4. The van der Waals surface area contributed by atoms with Crippen molar-refractivity contribution in [2.45, 2.75) is 43.7 Å². The summed E-state index contributed by atoms with van der Waals surface area (Å²) in [5.74, 6) is -0.606. The Bertz CT molecular complexity index is 810. The van der Waals surface area contributed by atoms with E-state index in [2.05, 4.69) is 9.71 Å². The minimum Gasteiger partial charge on any atom is -0.478 e. The number of carbonyl (C=O) groups is 2. The molecule has 1 aromatic heterocycles. The number of likely N-dealkylation sites (tertiary alicyclic amines) is 1. The number of ether oxygens (including phenoxy) is 2. The number of aromatic nitrogens is 1. The average molecular weight is 400 g/mol. The van der Waals surface area contributed by atoms with Gasteiger partial charge in [0.25, 0.3) is 0 Å². The summed E-state index contributed by atoms with van der Waals surface area (Å²) in [7, 11) is -4.09. The van der Waals surface area contributed by atoms with Crippen LogP contribution in [0, 0.1) is 0 Å². The summed E-state index contributed by atoms with van der Waals surface area (Å²) in [5, 5.41) is 0. The molecule has 1 fully saturated rings. The molecule has 11 heteroatoms. The maximum atomic E-state index is 12.6. The molecule has 0 saturated carbocycles. The molecule has 1 aromatic rings. The number of sulfonamides is 1. The van der Waals surface area contributed by atoms with Crippen LogP contribution in [-0.2, 0) is 19.6 Å². The van der Waals surface area contributed by atoms with Gasteiger partial charge >= 0.3 is 6.09 Å². The fourth-order valence-electron chi connectivity index (χ4n) is 2.41. The highest BCUT2D eigenvalue weighted by molar-refractivity contribution is 7.89. The van der Waals surface area contributed by atoms with Gasteiger partial charge in [0, 0.05) is 6.07 Å². The van der Waals surface area contributed by atoms with Crippen molar-refractivity contribution in [3.63, 3.8) is 0 Å². The minimum absolute atomic E-state index is 0.151. The van der Waals surface area contributed by atoms with Gasteiger partial charge in [0.05, 0.1) is 25.9 Å². The third kappa shape index (κ3) is 4.86. The average Bonchev–Trinajstić information content (AvgIpc) is 2.49. The lowest BCUT2D eigenvalue weighted by Gasteiger charge is -2.47. The second-order valence-electron chi connectivity index (χ2n) is 7.15. The lowest BCUT2D eigenvalue weighted by molar-refractivity contribution is -0.129. The van der Waals surface area contributed by atoms with Crippen molar-refractivity contribution in [1.29, 1.82) is 0 Å². The van der Waals surface area contributed by atoms with Crippen LogP contribution in [0.5, 0.6) is 5.88 Å². The van der Waals surface area contributed by atoms with Gasteiger partial charge in [0.2, 0.25) is 21.8 Å². The lowest BCUT2D eigenvalue weighted by atomic mass is 9.91. The zero-order valence-electron chi connectivity index (χ0n) is 15.7. The lowest BCUT2D eigenvalue weighted by Crippen LogP contribution is -2.76. The molecule has 0 aliphatic carbocycles. The van der Waals surface area contributed by atoms with Gasteiger partial charge in [0.15, 0.2) is 0 Å². The van der Waals surface area contributed by atoms with Crippen LogP contribution in [0.2, 0.25) is 0 Å². The molecule has 1 aliphatic rings. The molecule has 150 valence electrons. The number of amides is 2. The predicted octanol–water partition coefficient (Wildman–Crippen LogP) is 0.233. The molecule has 10 nitrogen and oxygen atoms in total. The van der Waals surface area contributed by atoms with Crippen molar-refractivity contribution < 1.29 is 27.5 Å². The van der Waals surface area contributed by atoms with E-state index in [0.717, 1.165) is 6.20 Å². The number of hydrogen-bond donors (Lipinski definition) is 2. The van der Waals surface area contributed by atoms with E-state index in [-0.39, 0.29) is 23.9 Å². The summed E-state index contributed by atoms with van der Waals surface area (Å²) in [5.41, 5.74) is 3.08.